The number of non-ortho nitro benzene ring substituents is 1. The van der Waals surface area contributed by atoms with Crippen molar-refractivity contribution < 1.29 is 23.1 Å². The number of rotatable bonds is 10. The third-order valence-electron chi connectivity index (χ3n) is 7.04. The van der Waals surface area contributed by atoms with E-state index in [9.17, 15) is 33.4 Å². The molecule has 0 unspecified atom stereocenters. The zero-order valence-corrected chi connectivity index (χ0v) is 24.5. The highest BCUT2D eigenvalue weighted by atomic mass is 32.2. The van der Waals surface area contributed by atoms with Gasteiger partial charge in [-0.25, -0.2) is 8.42 Å². The first-order valence-corrected chi connectivity index (χ1v) is 15.5. The molecule has 0 aliphatic carbocycles. The number of piperidine rings is 1. The molecule has 16 heteroatoms. The predicted octanol–water partition coefficient (Wildman–Crippen LogP) is 4.53. The zero-order chi connectivity index (χ0) is 31.4. The Morgan fingerprint density at radius 1 is 1.02 bits per heavy atom. The van der Waals surface area contributed by atoms with Crippen LogP contribution in [0.5, 0.6) is 0 Å². The standard InChI is InChI=1S/C28H25N7O7S2/c29-28(36)20-10-13-33(14-11-20)44(41,42)26-16-21(34(37)38)7-8-22(26)32-31-17-18-6-9-24(23(15-18)35(39)40)43-25-5-1-3-19-4-2-12-30-27(19)25/h1-9,12,15-17,20,32H,10-11,13-14H2,(H2,29,36)/b31-17-. The molecule has 0 bridgehead atoms. The van der Waals surface area contributed by atoms with Crippen molar-refractivity contribution in [2.75, 3.05) is 18.5 Å². The van der Waals surface area contributed by atoms with Gasteiger partial charge in [-0.15, -0.1) is 0 Å². The molecule has 14 nitrogen and oxygen atoms in total. The minimum absolute atomic E-state index is 0.0181. The average molecular weight is 636 g/mol. The van der Waals surface area contributed by atoms with Crippen LogP contribution in [0.3, 0.4) is 0 Å². The second-order valence-corrected chi connectivity index (χ2v) is 12.8. The second kappa shape index (κ2) is 12.7. The maximum absolute atomic E-state index is 13.5. The van der Waals surface area contributed by atoms with Gasteiger partial charge in [-0.05, 0) is 37.1 Å². The lowest BCUT2D eigenvalue weighted by Gasteiger charge is -2.30. The van der Waals surface area contributed by atoms with Crippen molar-refractivity contribution in [3.63, 3.8) is 0 Å². The van der Waals surface area contributed by atoms with E-state index in [1.807, 2.05) is 30.3 Å². The number of nitro groups is 2. The van der Waals surface area contributed by atoms with Crippen molar-refractivity contribution in [3.8, 4) is 0 Å². The number of pyridine rings is 1. The van der Waals surface area contributed by atoms with Crippen LogP contribution in [0.15, 0.2) is 92.7 Å². The Morgan fingerprint density at radius 2 is 1.77 bits per heavy atom. The normalized spacial score (nSPS) is 14.5. The fourth-order valence-corrected chi connectivity index (χ4v) is 7.40. The number of hydrogen-bond acceptors (Lipinski definition) is 11. The summed E-state index contributed by atoms with van der Waals surface area (Å²) >= 11 is 1.21. The summed E-state index contributed by atoms with van der Waals surface area (Å²) in [4.78, 5) is 38.8. The van der Waals surface area contributed by atoms with E-state index >= 15 is 0 Å². The molecule has 226 valence electrons. The molecule has 3 N–H and O–H groups in total. The van der Waals surface area contributed by atoms with Crippen molar-refractivity contribution in [3.05, 3.63) is 98.7 Å². The van der Waals surface area contributed by atoms with Gasteiger partial charge in [0, 0.05) is 59.2 Å². The van der Waals surface area contributed by atoms with Gasteiger partial charge in [-0.3, -0.25) is 35.4 Å². The monoisotopic (exact) mass is 635 g/mol. The van der Waals surface area contributed by atoms with E-state index in [0.29, 0.717) is 10.5 Å². The first-order chi connectivity index (χ1) is 21.0. The van der Waals surface area contributed by atoms with Gasteiger partial charge in [0.1, 0.15) is 4.90 Å². The molecule has 5 rings (SSSR count). The minimum atomic E-state index is -4.22. The van der Waals surface area contributed by atoms with Crippen molar-refractivity contribution in [2.45, 2.75) is 27.5 Å². The summed E-state index contributed by atoms with van der Waals surface area (Å²) < 4.78 is 28.1. The van der Waals surface area contributed by atoms with Crippen molar-refractivity contribution in [1.29, 1.82) is 0 Å². The molecule has 1 aliphatic rings. The Kier molecular flexibility index (Phi) is 8.84. The summed E-state index contributed by atoms with van der Waals surface area (Å²) in [5.74, 6) is -0.960. The van der Waals surface area contributed by atoms with Gasteiger partial charge in [-0.1, -0.05) is 36.0 Å². The molecule has 0 spiro atoms. The van der Waals surface area contributed by atoms with Crippen LogP contribution in [0, 0.1) is 26.1 Å². The summed E-state index contributed by atoms with van der Waals surface area (Å²) in [6, 6.07) is 17.1. The van der Waals surface area contributed by atoms with Crippen molar-refractivity contribution in [2.24, 2.45) is 16.8 Å². The van der Waals surface area contributed by atoms with Gasteiger partial charge < -0.3 is 5.73 Å². The molecule has 2 heterocycles. The van der Waals surface area contributed by atoms with E-state index in [1.165, 1.54) is 30.1 Å². The number of para-hydroxylation sites is 1. The molecule has 0 radical (unpaired) electrons. The van der Waals surface area contributed by atoms with E-state index < -0.39 is 37.4 Å². The summed E-state index contributed by atoms with van der Waals surface area (Å²) in [6.45, 7) is 0.0361. The molecule has 3 aromatic carbocycles. The van der Waals surface area contributed by atoms with E-state index in [2.05, 4.69) is 15.5 Å². The maximum atomic E-state index is 13.5. The van der Waals surface area contributed by atoms with E-state index in [0.717, 1.165) is 32.2 Å². The highest BCUT2D eigenvalue weighted by Crippen LogP contribution is 2.38. The fourth-order valence-electron chi connectivity index (χ4n) is 4.75. The molecule has 1 aromatic heterocycles. The Morgan fingerprint density at radius 3 is 2.48 bits per heavy atom. The largest absolute Gasteiger partial charge is 0.369 e. The summed E-state index contributed by atoms with van der Waals surface area (Å²) in [5.41, 5.74) is 8.40. The summed E-state index contributed by atoms with van der Waals surface area (Å²) in [6.07, 6.45) is 3.39. The lowest BCUT2D eigenvalue weighted by molar-refractivity contribution is -0.387. The number of anilines is 1. The van der Waals surface area contributed by atoms with Crippen molar-refractivity contribution in [1.82, 2.24) is 9.29 Å². The number of benzene rings is 3. The smallest absolute Gasteiger partial charge is 0.283 e. The quantitative estimate of drug-likeness (QED) is 0.141. The van der Waals surface area contributed by atoms with Gasteiger partial charge >= 0.3 is 0 Å². The van der Waals surface area contributed by atoms with Crippen LogP contribution in [-0.4, -0.2) is 52.8 Å². The summed E-state index contributed by atoms with van der Waals surface area (Å²) in [5, 5.41) is 28.3. The lowest BCUT2D eigenvalue weighted by Crippen LogP contribution is -2.41. The molecule has 4 aromatic rings. The number of primary amides is 1. The molecule has 0 atom stereocenters. The minimum Gasteiger partial charge on any atom is -0.369 e. The molecule has 0 saturated carbocycles. The van der Waals surface area contributed by atoms with Gasteiger partial charge in [0.2, 0.25) is 15.9 Å². The molecule has 1 fully saturated rings. The molecule has 1 saturated heterocycles. The van der Waals surface area contributed by atoms with E-state index in [4.69, 9.17) is 5.73 Å². The highest BCUT2D eigenvalue weighted by Gasteiger charge is 2.33. The molecule has 1 aliphatic heterocycles. The molecule has 1 amide bonds. The van der Waals surface area contributed by atoms with Crippen LogP contribution in [-0.2, 0) is 14.8 Å². The topological polar surface area (TPSA) is 204 Å². The maximum Gasteiger partial charge on any atom is 0.283 e. The number of sulfonamides is 1. The van der Waals surface area contributed by atoms with E-state index in [-0.39, 0.29) is 42.2 Å². The van der Waals surface area contributed by atoms with Gasteiger partial charge in [0.05, 0.1) is 32.2 Å². The Bertz CT molecular complexity index is 1900. The van der Waals surface area contributed by atoms with Gasteiger partial charge in [0.15, 0.2) is 0 Å². The van der Waals surface area contributed by atoms with Gasteiger partial charge in [-0.2, -0.15) is 9.41 Å². The van der Waals surface area contributed by atoms with Crippen LogP contribution in [0.25, 0.3) is 10.9 Å². The first-order valence-electron chi connectivity index (χ1n) is 13.2. The number of nitro benzene ring substituents is 2. The number of hydrogen-bond donors (Lipinski definition) is 2. The Balaban J connectivity index is 1.39. The van der Waals surface area contributed by atoms with Crippen molar-refractivity contribution >= 4 is 61.9 Å². The van der Waals surface area contributed by atoms with Crippen LogP contribution in [0.2, 0.25) is 0 Å². The lowest BCUT2D eigenvalue weighted by atomic mass is 9.98. The second-order valence-electron chi connectivity index (χ2n) is 9.81. The van der Waals surface area contributed by atoms with Crippen LogP contribution < -0.4 is 11.2 Å². The number of carbonyl (C=O) groups excluding carboxylic acids is 1. The number of carbonyl (C=O) groups is 1. The third-order valence-corrected chi connectivity index (χ3v) is 10.1. The average Bonchev–Trinajstić information content (AvgIpc) is 3.01. The van der Waals surface area contributed by atoms with Crippen LogP contribution in [0.1, 0.15) is 18.4 Å². The molecule has 44 heavy (non-hydrogen) atoms. The number of nitrogens with zero attached hydrogens (tertiary/aromatic N) is 5. The highest BCUT2D eigenvalue weighted by molar-refractivity contribution is 7.99. The number of aromatic nitrogens is 1. The predicted molar refractivity (Wildman–Crippen MR) is 164 cm³/mol. The Labute approximate surface area is 255 Å². The van der Waals surface area contributed by atoms with Crippen LogP contribution >= 0.6 is 11.8 Å². The number of nitrogens with two attached hydrogens (primary N) is 1. The van der Waals surface area contributed by atoms with E-state index in [1.54, 1.807) is 18.3 Å². The molecular weight excluding hydrogens is 610 g/mol. The molecular formula is C28H25N7O7S2. The third kappa shape index (κ3) is 6.51. The number of nitrogens with one attached hydrogen (secondary N) is 1. The van der Waals surface area contributed by atoms with Gasteiger partial charge in [0.25, 0.3) is 11.4 Å². The van der Waals surface area contributed by atoms with Crippen LogP contribution in [0.4, 0.5) is 17.1 Å². The number of fused-ring (bicyclic) bond motifs is 1. The summed E-state index contributed by atoms with van der Waals surface area (Å²) in [7, 11) is -4.22. The SMILES string of the molecule is NC(=O)C1CCN(S(=O)(=O)c2cc([N+](=O)[O-])ccc2N/N=C\c2ccc(Sc3cccc4cccnc34)c([N+](=O)[O-])c2)CC1. The Hall–Kier alpha value is -4.93. The fraction of sp³-hybridized carbons (Fsp3) is 0.179. The number of amides is 1. The zero-order valence-electron chi connectivity index (χ0n) is 22.9. The first kappa shape index (κ1) is 30.5. The number of hydrazone groups is 1.